The van der Waals surface area contributed by atoms with E-state index in [0.29, 0.717) is 6.42 Å². The van der Waals surface area contributed by atoms with Crippen molar-refractivity contribution in [2.24, 2.45) is 5.41 Å². The summed E-state index contributed by atoms with van der Waals surface area (Å²) in [6.07, 6.45) is 4.66. The molecule has 0 radical (unpaired) electrons. The van der Waals surface area contributed by atoms with Crippen LogP contribution in [-0.2, 0) is 4.79 Å². The number of carboxylic acid groups (broad SMARTS) is 1. The standard InChI is InChI=1S/C13H26O3/c1-5-6-7-8-9-13(16,10-11(14)15)12(2,3)4/h16H,5-10H2,1-4H3,(H,14,15). The van der Waals surface area contributed by atoms with Crippen LogP contribution in [0.2, 0.25) is 0 Å². The molecule has 2 N–H and O–H groups in total. The van der Waals surface area contributed by atoms with Crippen molar-refractivity contribution in [2.75, 3.05) is 0 Å². The smallest absolute Gasteiger partial charge is 0.306 e. The minimum Gasteiger partial charge on any atom is -0.481 e. The molecule has 1 atom stereocenters. The van der Waals surface area contributed by atoms with Crippen LogP contribution in [0, 0.1) is 5.41 Å². The molecule has 0 aromatic carbocycles. The van der Waals surface area contributed by atoms with E-state index in [1.165, 1.54) is 0 Å². The summed E-state index contributed by atoms with van der Waals surface area (Å²) in [5, 5.41) is 19.3. The number of hydrogen-bond donors (Lipinski definition) is 2. The second-order valence-corrected chi connectivity index (χ2v) is 5.66. The maximum atomic E-state index is 10.8. The molecule has 0 amide bonds. The Morgan fingerprint density at radius 1 is 1.12 bits per heavy atom. The van der Waals surface area contributed by atoms with Crippen LogP contribution in [0.1, 0.15) is 66.2 Å². The van der Waals surface area contributed by atoms with Crippen LogP contribution in [-0.4, -0.2) is 21.8 Å². The van der Waals surface area contributed by atoms with E-state index in [1.807, 2.05) is 20.8 Å². The van der Waals surface area contributed by atoms with Gasteiger partial charge in [-0.2, -0.15) is 0 Å². The first-order chi connectivity index (χ1) is 7.23. The number of rotatable bonds is 7. The van der Waals surface area contributed by atoms with Crippen LogP contribution >= 0.6 is 0 Å². The first-order valence-corrected chi connectivity index (χ1v) is 6.17. The van der Waals surface area contributed by atoms with E-state index in [4.69, 9.17) is 5.11 Å². The number of unbranched alkanes of at least 4 members (excludes halogenated alkanes) is 3. The number of aliphatic hydroxyl groups is 1. The van der Waals surface area contributed by atoms with Crippen molar-refractivity contribution in [1.82, 2.24) is 0 Å². The molecule has 0 saturated heterocycles. The summed E-state index contributed by atoms with van der Waals surface area (Å²) in [7, 11) is 0. The van der Waals surface area contributed by atoms with E-state index in [9.17, 15) is 9.90 Å². The number of carboxylic acids is 1. The van der Waals surface area contributed by atoms with Crippen LogP contribution in [0.5, 0.6) is 0 Å². The Morgan fingerprint density at radius 2 is 1.69 bits per heavy atom. The summed E-state index contributed by atoms with van der Waals surface area (Å²) < 4.78 is 0. The van der Waals surface area contributed by atoms with Crippen LogP contribution < -0.4 is 0 Å². The van der Waals surface area contributed by atoms with Gasteiger partial charge in [0, 0.05) is 0 Å². The summed E-state index contributed by atoms with van der Waals surface area (Å²) in [6.45, 7) is 7.83. The van der Waals surface area contributed by atoms with Crippen molar-refractivity contribution in [2.45, 2.75) is 71.8 Å². The molecule has 0 heterocycles. The third kappa shape index (κ3) is 4.97. The van der Waals surface area contributed by atoms with Crippen LogP contribution in [0.25, 0.3) is 0 Å². The molecule has 3 nitrogen and oxygen atoms in total. The van der Waals surface area contributed by atoms with Gasteiger partial charge in [0.1, 0.15) is 0 Å². The topological polar surface area (TPSA) is 57.5 Å². The minimum atomic E-state index is -1.09. The second-order valence-electron chi connectivity index (χ2n) is 5.66. The fourth-order valence-electron chi connectivity index (χ4n) is 1.82. The largest absolute Gasteiger partial charge is 0.481 e. The average molecular weight is 230 g/mol. The Hall–Kier alpha value is -0.570. The molecule has 16 heavy (non-hydrogen) atoms. The lowest BCUT2D eigenvalue weighted by Gasteiger charge is -2.39. The monoisotopic (exact) mass is 230 g/mol. The van der Waals surface area contributed by atoms with Crippen molar-refractivity contribution in [3.05, 3.63) is 0 Å². The van der Waals surface area contributed by atoms with Gasteiger partial charge in [0.2, 0.25) is 0 Å². The molecule has 0 aliphatic rings. The zero-order valence-corrected chi connectivity index (χ0v) is 11.0. The van der Waals surface area contributed by atoms with Crippen molar-refractivity contribution in [3.63, 3.8) is 0 Å². The van der Waals surface area contributed by atoms with Gasteiger partial charge in [-0.05, 0) is 11.8 Å². The molecule has 0 aliphatic heterocycles. The lowest BCUT2D eigenvalue weighted by atomic mass is 9.71. The Bertz CT molecular complexity index is 218. The third-order valence-corrected chi connectivity index (χ3v) is 3.28. The molecule has 0 spiro atoms. The Labute approximate surface area is 98.9 Å². The van der Waals surface area contributed by atoms with Gasteiger partial charge in [-0.15, -0.1) is 0 Å². The minimum absolute atomic E-state index is 0.164. The lowest BCUT2D eigenvalue weighted by molar-refractivity contribution is -0.149. The first kappa shape index (κ1) is 15.4. The predicted molar refractivity (Wildman–Crippen MR) is 65.4 cm³/mol. The van der Waals surface area contributed by atoms with Crippen LogP contribution in [0.3, 0.4) is 0 Å². The van der Waals surface area contributed by atoms with E-state index >= 15 is 0 Å². The molecule has 1 unspecified atom stereocenters. The van der Waals surface area contributed by atoms with Gasteiger partial charge in [-0.1, -0.05) is 53.4 Å². The van der Waals surface area contributed by atoms with Crippen molar-refractivity contribution >= 4 is 5.97 Å². The van der Waals surface area contributed by atoms with Gasteiger partial charge >= 0.3 is 5.97 Å². The van der Waals surface area contributed by atoms with E-state index in [-0.39, 0.29) is 6.42 Å². The molecular formula is C13H26O3. The third-order valence-electron chi connectivity index (χ3n) is 3.28. The summed E-state index contributed by atoms with van der Waals surface area (Å²) in [5.74, 6) is -0.923. The van der Waals surface area contributed by atoms with E-state index in [2.05, 4.69) is 6.92 Å². The van der Waals surface area contributed by atoms with Gasteiger partial charge < -0.3 is 10.2 Å². The van der Waals surface area contributed by atoms with Gasteiger partial charge in [0.05, 0.1) is 12.0 Å². The normalized spacial score (nSPS) is 15.8. The fourth-order valence-corrected chi connectivity index (χ4v) is 1.82. The number of hydrogen-bond acceptors (Lipinski definition) is 2. The summed E-state index contributed by atoms with van der Waals surface area (Å²) in [6, 6.07) is 0. The van der Waals surface area contributed by atoms with Crippen molar-refractivity contribution < 1.29 is 15.0 Å². The average Bonchev–Trinajstić information content (AvgIpc) is 2.09. The summed E-state index contributed by atoms with van der Waals surface area (Å²) in [4.78, 5) is 10.8. The summed E-state index contributed by atoms with van der Waals surface area (Å²) >= 11 is 0. The molecule has 0 bridgehead atoms. The summed E-state index contributed by atoms with van der Waals surface area (Å²) in [5.41, 5.74) is -1.48. The second kappa shape index (κ2) is 6.24. The zero-order chi connectivity index (χ0) is 12.8. The molecule has 0 aliphatic carbocycles. The Kier molecular flexibility index (Phi) is 6.01. The SMILES string of the molecule is CCCCCCC(O)(CC(=O)O)C(C)(C)C. The highest BCUT2D eigenvalue weighted by Gasteiger charge is 2.41. The van der Waals surface area contributed by atoms with Crippen LogP contribution in [0.15, 0.2) is 0 Å². The maximum Gasteiger partial charge on any atom is 0.306 e. The van der Waals surface area contributed by atoms with Gasteiger partial charge in [0.25, 0.3) is 0 Å². The highest BCUT2D eigenvalue weighted by Crippen LogP contribution is 2.37. The number of aliphatic carboxylic acids is 1. The molecule has 0 fully saturated rings. The maximum absolute atomic E-state index is 10.8. The quantitative estimate of drug-likeness (QED) is 0.660. The molecule has 0 rings (SSSR count). The van der Waals surface area contributed by atoms with Crippen molar-refractivity contribution in [1.29, 1.82) is 0 Å². The van der Waals surface area contributed by atoms with Gasteiger partial charge in [-0.25, -0.2) is 0 Å². The Balaban J connectivity index is 4.37. The molecule has 0 aromatic heterocycles. The highest BCUT2D eigenvalue weighted by atomic mass is 16.4. The van der Waals surface area contributed by atoms with E-state index < -0.39 is 17.0 Å². The zero-order valence-electron chi connectivity index (χ0n) is 11.0. The van der Waals surface area contributed by atoms with Crippen LogP contribution in [0.4, 0.5) is 0 Å². The molecular weight excluding hydrogens is 204 g/mol. The van der Waals surface area contributed by atoms with Gasteiger partial charge in [0.15, 0.2) is 0 Å². The predicted octanol–water partition coefficient (Wildman–Crippen LogP) is 3.21. The highest BCUT2D eigenvalue weighted by molar-refractivity contribution is 5.68. The molecule has 96 valence electrons. The first-order valence-electron chi connectivity index (χ1n) is 6.17. The molecule has 0 aromatic rings. The Morgan fingerprint density at radius 3 is 2.06 bits per heavy atom. The molecule has 3 heteroatoms. The van der Waals surface area contributed by atoms with Crippen molar-refractivity contribution in [3.8, 4) is 0 Å². The van der Waals surface area contributed by atoms with E-state index in [1.54, 1.807) is 0 Å². The molecule has 0 saturated carbocycles. The lowest BCUT2D eigenvalue weighted by Crippen LogP contribution is -2.44. The fraction of sp³-hybridized carbons (Fsp3) is 0.923. The van der Waals surface area contributed by atoms with E-state index in [0.717, 1.165) is 25.7 Å². The number of carbonyl (C=O) groups is 1. The van der Waals surface area contributed by atoms with Gasteiger partial charge in [-0.3, -0.25) is 4.79 Å².